The predicted molar refractivity (Wildman–Crippen MR) is 470 cm³/mol. The minimum absolute atomic E-state index is 0.0463. The summed E-state index contributed by atoms with van der Waals surface area (Å²) < 4.78 is 253. The molecule has 9 aromatic carbocycles. The van der Waals surface area contributed by atoms with Crippen molar-refractivity contribution in [1.29, 1.82) is 0 Å². The summed E-state index contributed by atoms with van der Waals surface area (Å²) in [5.74, 6) is -16.9. The van der Waals surface area contributed by atoms with E-state index < -0.39 is 203 Å². The number of carbonyl (C=O) groups excluding carboxylic acids is 5. The number of aryl methyl sites for hydroxylation is 1. The number of nitrogens with one attached hydrogen (secondary N) is 2. The second-order valence-electron chi connectivity index (χ2n) is 26.8. The maximum Gasteiger partial charge on any atom is 0.498 e. The average Bonchev–Trinajstić information content (AvgIpc) is 1.61. The Morgan fingerprint density at radius 3 is 1.40 bits per heavy atom. The quantitative estimate of drug-likeness (QED) is 0.00428. The second-order valence-corrected chi connectivity index (χ2v) is 32.6. The number of oxime groups is 1. The van der Waals surface area contributed by atoms with Gasteiger partial charge in [0.2, 0.25) is 5.82 Å². The summed E-state index contributed by atoms with van der Waals surface area (Å²) in [4.78, 5) is 80.9. The number of Topliss-reactive ketones (excluding diaryl/α,β-unsaturated/α-hetero) is 1. The summed E-state index contributed by atoms with van der Waals surface area (Å²) >= 11 is 19.5. The maximum atomic E-state index is 14.4. The van der Waals surface area contributed by atoms with Gasteiger partial charge < -0.3 is 77.0 Å². The highest BCUT2D eigenvalue weighted by atomic mass is 79.9. The first-order chi connectivity index (χ1) is 60.8. The molecule has 3 heterocycles. The summed E-state index contributed by atoms with van der Waals surface area (Å²) in [6.07, 6.45) is -3.95. The number of nitrogens with two attached hydrogens (primary N) is 4. The van der Waals surface area contributed by atoms with Crippen molar-refractivity contribution in [2.75, 3.05) is 66.9 Å². The van der Waals surface area contributed by atoms with Crippen molar-refractivity contribution in [2.24, 2.45) is 5.16 Å². The van der Waals surface area contributed by atoms with E-state index in [1.807, 2.05) is 64.1 Å². The monoisotopic (exact) mass is 2310 g/mol. The van der Waals surface area contributed by atoms with Gasteiger partial charge in [0.15, 0.2) is 29.1 Å². The molecule has 12 rings (SSSR count). The molecular formula is C80H63BBr7F17N10O16. The maximum absolute atomic E-state index is 14.4. The molecule has 700 valence electrons. The first kappa shape index (κ1) is 110. The number of aromatic nitrogens is 1. The molecule has 10 aromatic rings. The number of nitrogens with zero attached hydrogens (tertiary/aromatic N) is 4. The van der Waals surface area contributed by atoms with Crippen molar-refractivity contribution in [3.8, 4) is 11.5 Å². The van der Waals surface area contributed by atoms with Crippen LogP contribution in [0.5, 0.6) is 11.5 Å². The highest BCUT2D eigenvalue weighted by Crippen LogP contribution is 2.41. The molecule has 0 atom stereocenters. The van der Waals surface area contributed by atoms with Crippen LogP contribution in [0.3, 0.4) is 0 Å². The van der Waals surface area contributed by atoms with Gasteiger partial charge in [0.25, 0.3) is 17.6 Å². The van der Waals surface area contributed by atoms with Crippen LogP contribution in [0.15, 0.2) is 152 Å². The zero-order valence-corrected chi connectivity index (χ0v) is 78.9. The first-order valence-electron chi connectivity index (χ1n) is 35.3. The van der Waals surface area contributed by atoms with E-state index in [4.69, 9.17) is 52.0 Å². The van der Waals surface area contributed by atoms with Gasteiger partial charge in [0.1, 0.15) is 91.4 Å². The van der Waals surface area contributed by atoms with E-state index in [0.717, 1.165) is 91.4 Å². The van der Waals surface area contributed by atoms with Gasteiger partial charge in [-0.05, 0) is 242 Å². The number of aromatic carboxylic acids is 1. The number of ether oxygens (including phenoxy) is 4. The van der Waals surface area contributed by atoms with Gasteiger partial charge in [-0.2, -0.15) is 17.6 Å². The number of carbonyl (C=O) groups is 6. The number of pyridine rings is 1. The summed E-state index contributed by atoms with van der Waals surface area (Å²) in [5, 5.41) is 33.0. The first-order valence-corrected chi connectivity index (χ1v) is 40.9. The molecule has 0 unspecified atom stereocenters. The lowest BCUT2D eigenvalue weighted by Crippen LogP contribution is -2.41. The van der Waals surface area contributed by atoms with Crippen LogP contribution in [0.2, 0.25) is 0 Å². The predicted octanol–water partition coefficient (Wildman–Crippen LogP) is 21.1. The molecule has 0 bridgehead atoms. The SMILES string of the molecule is COC(=O)c1c(F)cc(B2OC(C)(C)C(C)(C)O2)c(F)c1N.COC(=O)c1c(F)cc(Br)c(F)c1N.COc1ccc(CN(Cc2ccc(OC)cc2)c2cc(C)c(C(F)(F)F)c(Br)n2)cc1.Nc1c(F)c(Br)cc(F)c1C(=O)O.Nc1cc(F)cc(Br)c1F.O=C(/C=N/O)Nc1cc(F)cc(Br)c1F.O=C1Nc2c(F)c(Br)cc(F)c2C1=O.O=[N+]([O-])c1cc(F)cc(Br)c1F. The Bertz CT molecular complexity index is 5920. The number of nitrogen functional groups attached to an aromatic ring is 4. The third kappa shape index (κ3) is 28.9. The molecular weight excluding hydrogens is 2250 g/mol. The van der Waals surface area contributed by atoms with Gasteiger partial charge >= 0.3 is 36.9 Å². The number of hydrogen-bond donors (Lipinski definition) is 8. The van der Waals surface area contributed by atoms with Crippen LogP contribution >= 0.6 is 112 Å². The molecule has 2 amide bonds. The minimum Gasteiger partial charge on any atom is -0.497 e. The zero-order chi connectivity index (χ0) is 99.4. The van der Waals surface area contributed by atoms with E-state index in [1.54, 1.807) is 41.9 Å². The molecule has 51 heteroatoms. The summed E-state index contributed by atoms with van der Waals surface area (Å²) in [7, 11) is 4.19. The molecule has 12 N–H and O–H groups in total. The van der Waals surface area contributed by atoms with Crippen LogP contribution in [0.4, 0.5) is 120 Å². The number of carboxylic acid groups (broad SMARTS) is 1. The number of anilines is 7. The minimum atomic E-state index is -4.48. The van der Waals surface area contributed by atoms with E-state index in [0.29, 0.717) is 31.2 Å². The average molecular weight is 2310 g/mol. The van der Waals surface area contributed by atoms with Crippen LogP contribution < -0.4 is 53.4 Å². The number of amides is 2. The number of esters is 2. The molecule has 0 spiro atoms. The van der Waals surface area contributed by atoms with E-state index >= 15 is 0 Å². The smallest absolute Gasteiger partial charge is 0.497 e. The fraction of sp³-hybridized carbons (Fsp3) is 0.175. The molecule has 0 saturated carbocycles. The van der Waals surface area contributed by atoms with Gasteiger partial charge in [0, 0.05) is 24.6 Å². The van der Waals surface area contributed by atoms with Crippen molar-refractivity contribution in [2.45, 2.75) is 65.1 Å². The lowest BCUT2D eigenvalue weighted by atomic mass is 9.77. The number of rotatable bonds is 14. The Labute approximate surface area is 789 Å². The Hall–Kier alpha value is -11.2. The molecule has 1 saturated heterocycles. The van der Waals surface area contributed by atoms with Crippen molar-refractivity contribution >= 4 is 211 Å². The molecule has 131 heavy (non-hydrogen) atoms. The number of alkyl halides is 3. The van der Waals surface area contributed by atoms with E-state index in [1.165, 1.54) is 13.0 Å². The number of carboxylic acids is 1. The summed E-state index contributed by atoms with van der Waals surface area (Å²) in [5.41, 5.74) is 14.3. The lowest BCUT2D eigenvalue weighted by Gasteiger charge is -2.32. The third-order valence-electron chi connectivity index (χ3n) is 17.5. The van der Waals surface area contributed by atoms with Crippen LogP contribution in [0.25, 0.3) is 0 Å². The van der Waals surface area contributed by atoms with Crippen molar-refractivity contribution in [1.82, 2.24) is 4.98 Å². The number of nitro benzene ring substituents is 1. The van der Waals surface area contributed by atoms with Crippen LogP contribution in [0.1, 0.15) is 91.4 Å². The Morgan fingerprint density at radius 1 is 0.573 bits per heavy atom. The summed E-state index contributed by atoms with van der Waals surface area (Å²) in [6.45, 7) is 9.50. The van der Waals surface area contributed by atoms with Crippen molar-refractivity contribution < 1.29 is 147 Å². The van der Waals surface area contributed by atoms with Gasteiger partial charge in [-0.3, -0.25) is 24.5 Å². The molecule has 2 aliphatic heterocycles. The number of halogens is 24. The summed E-state index contributed by atoms with van der Waals surface area (Å²) in [6, 6.07) is 24.8. The largest absolute Gasteiger partial charge is 0.498 e. The van der Waals surface area contributed by atoms with Crippen molar-refractivity contribution in [3.63, 3.8) is 0 Å². The van der Waals surface area contributed by atoms with E-state index in [2.05, 4.69) is 131 Å². The highest BCUT2D eigenvalue weighted by molar-refractivity contribution is 9.11. The van der Waals surface area contributed by atoms with E-state index in [-0.39, 0.29) is 53.8 Å². The fourth-order valence-electron chi connectivity index (χ4n) is 10.4. The van der Waals surface area contributed by atoms with Crippen LogP contribution in [-0.4, -0.2) is 109 Å². The number of nitro groups is 1. The van der Waals surface area contributed by atoms with Gasteiger partial charge in [-0.15, -0.1) is 0 Å². The van der Waals surface area contributed by atoms with Crippen LogP contribution in [0, 0.1) is 98.5 Å². The number of methoxy groups -OCH3 is 4. The molecule has 1 aromatic heterocycles. The number of benzene rings is 9. The highest BCUT2D eigenvalue weighted by Gasteiger charge is 2.53. The number of fused-ring (bicyclic) bond motifs is 1. The Kier molecular flexibility index (Phi) is 40.2. The Balaban J connectivity index is 0.000000273. The lowest BCUT2D eigenvalue weighted by molar-refractivity contribution is -0.387. The molecule has 2 aliphatic rings. The topological polar surface area (TPSA) is 398 Å². The van der Waals surface area contributed by atoms with Gasteiger partial charge in [0.05, 0.1) is 123 Å². The normalized spacial score (nSPS) is 12.4. The molecule has 26 nitrogen and oxygen atoms in total. The van der Waals surface area contributed by atoms with E-state index in [9.17, 15) is 114 Å². The van der Waals surface area contributed by atoms with Gasteiger partial charge in [-0.25, -0.2) is 76.4 Å². The number of ketones is 1. The standard InChI is InChI=1S/C23H22BrF3N2O2.C14H18BF2NO4.C8H5BrF2N2O2.C8H2BrF2NO2.C8H6BrF2NO2.C7H4BrF2NO2.C6H2BrF2NO2.C6H4BrF2N/c1-15-12-20(28-22(24)21(15)23(25,26)27)29(13-16-4-8-18(30-2)9-5-16)14-17-6-10-19(31-3)11-7-17;1-13(2)14(3,4)22-15(21-13)7-6-8(16)9(12(19)20-5)11(18)10(7)17;9-5-1-4(10)2-6(8(5)11)13-7(14)3-12-15;9-2-1-3(10)4-6(5(2)11)12-8(14)7(4)13;1-14-8(13)5-4(10)2-3(9)6(11)7(5)12;8-2-1-3(9)4(7(12)13)6(11)5(2)10;7-4-1-3(8)2-5(6(4)9)10(11)12;7-4-1-3(8)2-5(10)6(4)9/h4-12H,13-14H2,1-3H3;6H,18H2,1-5H3;1-3,15H,(H,13,14);1H,(H,12,13,14);2H,12H2,1H3;1H,11H2,(H,12,13);1-2H;1-2H,10H2/b;;12-3+;;;;;. The number of hydrogen-bond acceptors (Lipinski definition) is 22. The van der Waals surface area contributed by atoms with Gasteiger partial charge in [-0.1, -0.05) is 29.4 Å². The molecule has 0 radical (unpaired) electrons. The second kappa shape index (κ2) is 47.7. The van der Waals surface area contributed by atoms with Crippen LogP contribution in [-0.2, 0) is 47.6 Å². The van der Waals surface area contributed by atoms with Crippen molar-refractivity contribution in [3.05, 3.63) is 283 Å². The third-order valence-corrected chi connectivity index (χ3v) is 21.5. The zero-order valence-electron chi connectivity index (χ0n) is 67.8. The molecule has 1 fully saturated rings. The fourth-order valence-corrected chi connectivity index (χ4v) is 13.7. The Morgan fingerprint density at radius 2 is 0.977 bits per heavy atom. The molecule has 0 aliphatic carbocycles.